The van der Waals surface area contributed by atoms with E-state index in [1.165, 1.54) is 276 Å². The number of esters is 1. The summed E-state index contributed by atoms with van der Waals surface area (Å²) in [6, 6.07) is -0.545. The van der Waals surface area contributed by atoms with E-state index in [0.29, 0.717) is 25.9 Å². The van der Waals surface area contributed by atoms with Crippen LogP contribution in [0.4, 0.5) is 0 Å². The Labute approximate surface area is 462 Å². The molecule has 0 aromatic rings. The van der Waals surface area contributed by atoms with Crippen LogP contribution in [0.5, 0.6) is 0 Å². The summed E-state index contributed by atoms with van der Waals surface area (Å²) in [5, 5.41) is 23.3. The summed E-state index contributed by atoms with van der Waals surface area (Å²) in [5.74, 6) is -0.0378. The number of allylic oxidation sites excluding steroid dienone is 6. The number of aliphatic hydroxyl groups is 2. The van der Waals surface area contributed by atoms with Crippen LogP contribution >= 0.6 is 0 Å². The first kappa shape index (κ1) is 72.1. The van der Waals surface area contributed by atoms with Gasteiger partial charge >= 0.3 is 5.97 Å². The van der Waals surface area contributed by atoms with Crippen molar-refractivity contribution in [2.75, 3.05) is 13.2 Å². The molecule has 2 atom stereocenters. The summed E-state index contributed by atoms with van der Waals surface area (Å²) in [4.78, 5) is 24.6. The predicted octanol–water partition coefficient (Wildman–Crippen LogP) is 21.1. The van der Waals surface area contributed by atoms with E-state index in [4.69, 9.17) is 4.74 Å². The minimum Gasteiger partial charge on any atom is -0.466 e. The van der Waals surface area contributed by atoms with Gasteiger partial charge in [0.2, 0.25) is 5.91 Å². The van der Waals surface area contributed by atoms with Gasteiger partial charge in [0.15, 0.2) is 0 Å². The average molecular weight is 1040 g/mol. The molecule has 1 amide bonds. The molecular formula is C68H129NO5. The van der Waals surface area contributed by atoms with Crippen molar-refractivity contribution in [2.24, 2.45) is 0 Å². The number of carbonyl (C=O) groups excluding carboxylic acids is 2. The molecule has 0 heterocycles. The molecule has 0 bridgehead atoms. The molecule has 6 heteroatoms. The third kappa shape index (κ3) is 59.3. The number of hydrogen-bond acceptors (Lipinski definition) is 5. The minimum absolute atomic E-state index is 0.000619. The van der Waals surface area contributed by atoms with Gasteiger partial charge in [-0.2, -0.15) is 0 Å². The first-order valence-corrected chi connectivity index (χ1v) is 33.2. The van der Waals surface area contributed by atoms with Crippen molar-refractivity contribution >= 4 is 11.9 Å². The fourth-order valence-corrected chi connectivity index (χ4v) is 10.3. The van der Waals surface area contributed by atoms with Gasteiger partial charge in [-0.25, -0.2) is 0 Å². The number of aliphatic hydroxyl groups excluding tert-OH is 2. The molecule has 0 aromatic carbocycles. The summed E-state index contributed by atoms with van der Waals surface area (Å²) in [6.45, 7) is 4.95. The first-order chi connectivity index (χ1) is 36.5. The molecule has 0 fully saturated rings. The second-order valence-corrected chi connectivity index (χ2v) is 22.8. The average Bonchev–Trinajstić information content (AvgIpc) is 3.40. The molecule has 6 nitrogen and oxygen atoms in total. The third-order valence-electron chi connectivity index (χ3n) is 15.4. The zero-order valence-corrected chi connectivity index (χ0v) is 49.8. The van der Waals surface area contributed by atoms with Crippen molar-refractivity contribution in [2.45, 2.75) is 373 Å². The fourth-order valence-electron chi connectivity index (χ4n) is 10.3. The summed E-state index contributed by atoms with van der Waals surface area (Å²) < 4.78 is 5.48. The zero-order valence-electron chi connectivity index (χ0n) is 49.8. The van der Waals surface area contributed by atoms with E-state index >= 15 is 0 Å². The van der Waals surface area contributed by atoms with Crippen LogP contribution < -0.4 is 5.32 Å². The maximum atomic E-state index is 12.5. The third-order valence-corrected chi connectivity index (χ3v) is 15.4. The van der Waals surface area contributed by atoms with Gasteiger partial charge < -0.3 is 20.3 Å². The number of carbonyl (C=O) groups is 2. The van der Waals surface area contributed by atoms with Crippen molar-refractivity contribution in [3.8, 4) is 0 Å². The summed E-state index contributed by atoms with van der Waals surface area (Å²) in [6.07, 6.45) is 80.2. The quantitative estimate of drug-likeness (QED) is 0.0320. The zero-order chi connectivity index (χ0) is 53.6. The van der Waals surface area contributed by atoms with E-state index < -0.39 is 12.1 Å². The Hall–Kier alpha value is -1.92. The second-order valence-electron chi connectivity index (χ2n) is 22.8. The van der Waals surface area contributed by atoms with E-state index in [9.17, 15) is 19.8 Å². The standard InChI is InChI=1S/C68H129NO5/c1-3-5-7-9-11-13-15-17-19-29-32-36-40-44-48-52-56-60-66(71)65(64-70)69-67(72)61-57-53-49-45-41-37-33-30-27-25-23-21-22-24-26-28-31-35-39-43-47-51-55-59-63-74-68(73)62-58-54-50-46-42-38-34-20-18-16-14-12-10-8-6-4-2/h14,16,20,23,25,34,65-66,70-71H,3-13,15,17-19,21-22,24,26-33,35-64H2,1-2H3,(H,69,72)/b16-14-,25-23-,34-20-. The highest BCUT2D eigenvalue weighted by Gasteiger charge is 2.20. The first-order valence-electron chi connectivity index (χ1n) is 33.2. The van der Waals surface area contributed by atoms with Gasteiger partial charge in [0.25, 0.3) is 0 Å². The summed E-state index contributed by atoms with van der Waals surface area (Å²) >= 11 is 0. The van der Waals surface area contributed by atoms with Crippen molar-refractivity contribution in [1.29, 1.82) is 0 Å². The van der Waals surface area contributed by atoms with Gasteiger partial charge in [0, 0.05) is 12.8 Å². The molecule has 3 N–H and O–H groups in total. The molecular weight excluding hydrogens is 911 g/mol. The fraction of sp³-hybridized carbons (Fsp3) is 0.882. The maximum absolute atomic E-state index is 12.5. The van der Waals surface area contributed by atoms with Crippen LogP contribution in [0.1, 0.15) is 361 Å². The molecule has 0 aliphatic heterocycles. The number of ether oxygens (including phenoxy) is 1. The summed E-state index contributed by atoms with van der Waals surface area (Å²) in [5.41, 5.74) is 0. The number of amides is 1. The smallest absolute Gasteiger partial charge is 0.305 e. The van der Waals surface area contributed by atoms with E-state index in [-0.39, 0.29) is 18.5 Å². The lowest BCUT2D eigenvalue weighted by molar-refractivity contribution is -0.143. The molecule has 0 aliphatic carbocycles. The Morgan fingerprint density at radius 1 is 0.378 bits per heavy atom. The highest BCUT2D eigenvalue weighted by Crippen LogP contribution is 2.18. The molecule has 0 aromatic heterocycles. The van der Waals surface area contributed by atoms with Crippen LogP contribution in [0.2, 0.25) is 0 Å². The van der Waals surface area contributed by atoms with Gasteiger partial charge in [-0.05, 0) is 83.5 Å². The molecule has 2 unspecified atom stereocenters. The molecule has 0 saturated carbocycles. The van der Waals surface area contributed by atoms with Crippen LogP contribution in [0, 0.1) is 0 Å². The van der Waals surface area contributed by atoms with Crippen molar-refractivity contribution in [1.82, 2.24) is 5.32 Å². The predicted molar refractivity (Wildman–Crippen MR) is 324 cm³/mol. The number of rotatable bonds is 62. The van der Waals surface area contributed by atoms with E-state index in [1.54, 1.807) is 0 Å². The van der Waals surface area contributed by atoms with Crippen molar-refractivity contribution < 1.29 is 24.5 Å². The SMILES string of the molecule is CCCCCC/C=C\C/C=C\CCCCCCCC(=O)OCCCCCCCCCCCCCC/C=C\CCCCCCCCCCC(=O)NC(CO)C(O)CCCCCCCCCCCCCCCCCCC. The number of nitrogens with one attached hydrogen (secondary N) is 1. The van der Waals surface area contributed by atoms with Gasteiger partial charge in [-0.15, -0.1) is 0 Å². The highest BCUT2D eigenvalue weighted by atomic mass is 16.5. The topological polar surface area (TPSA) is 95.9 Å². The molecule has 0 aliphatic rings. The lowest BCUT2D eigenvalue weighted by atomic mass is 10.0. The Morgan fingerprint density at radius 2 is 0.676 bits per heavy atom. The van der Waals surface area contributed by atoms with Gasteiger partial charge in [0.1, 0.15) is 0 Å². The van der Waals surface area contributed by atoms with Crippen molar-refractivity contribution in [3.05, 3.63) is 36.5 Å². The van der Waals surface area contributed by atoms with E-state index in [2.05, 4.69) is 55.6 Å². The maximum Gasteiger partial charge on any atom is 0.305 e. The van der Waals surface area contributed by atoms with Gasteiger partial charge in [-0.1, -0.05) is 301 Å². The van der Waals surface area contributed by atoms with Gasteiger partial charge in [0.05, 0.1) is 25.4 Å². The molecule has 0 spiro atoms. The highest BCUT2D eigenvalue weighted by molar-refractivity contribution is 5.76. The largest absolute Gasteiger partial charge is 0.466 e. The molecule has 0 saturated heterocycles. The van der Waals surface area contributed by atoms with Crippen LogP contribution in [-0.4, -0.2) is 47.4 Å². The molecule has 0 rings (SSSR count). The Kier molecular flexibility index (Phi) is 62.0. The Bertz CT molecular complexity index is 1200. The number of unbranched alkanes of at least 4 members (excludes halogenated alkanes) is 45. The number of hydrogen-bond donors (Lipinski definition) is 3. The molecule has 436 valence electrons. The molecule has 0 radical (unpaired) electrons. The van der Waals surface area contributed by atoms with E-state index in [0.717, 1.165) is 51.4 Å². The minimum atomic E-state index is -0.668. The van der Waals surface area contributed by atoms with Crippen LogP contribution in [0.25, 0.3) is 0 Å². The lowest BCUT2D eigenvalue weighted by Crippen LogP contribution is -2.45. The Morgan fingerprint density at radius 3 is 1.05 bits per heavy atom. The monoisotopic (exact) mass is 1040 g/mol. The lowest BCUT2D eigenvalue weighted by Gasteiger charge is -2.22. The normalized spacial score (nSPS) is 12.8. The Balaban J connectivity index is 3.41. The summed E-state index contributed by atoms with van der Waals surface area (Å²) in [7, 11) is 0. The van der Waals surface area contributed by atoms with Crippen LogP contribution in [0.3, 0.4) is 0 Å². The van der Waals surface area contributed by atoms with Crippen LogP contribution in [0.15, 0.2) is 36.5 Å². The van der Waals surface area contributed by atoms with Crippen LogP contribution in [-0.2, 0) is 14.3 Å². The second kappa shape index (κ2) is 63.6. The van der Waals surface area contributed by atoms with Gasteiger partial charge in [-0.3, -0.25) is 9.59 Å². The van der Waals surface area contributed by atoms with Crippen molar-refractivity contribution in [3.63, 3.8) is 0 Å². The van der Waals surface area contributed by atoms with E-state index in [1.807, 2.05) is 0 Å². The molecule has 74 heavy (non-hydrogen) atoms.